The molecule has 2 atom stereocenters. The van der Waals surface area contributed by atoms with Crippen LogP contribution in [-0.4, -0.2) is 40.5 Å². The highest BCUT2D eigenvalue weighted by Crippen LogP contribution is 2.32. The lowest BCUT2D eigenvalue weighted by molar-refractivity contribution is -0.129. The molecule has 0 spiro atoms. The normalized spacial score (nSPS) is 16.4. The second-order valence-electron chi connectivity index (χ2n) is 7.02. The molecular formula is C20H24N4O3. The van der Waals surface area contributed by atoms with Crippen molar-refractivity contribution in [2.45, 2.75) is 39.3 Å². The zero-order chi connectivity index (χ0) is 19.4. The van der Waals surface area contributed by atoms with Crippen molar-refractivity contribution < 1.29 is 14.3 Å². The van der Waals surface area contributed by atoms with Gasteiger partial charge < -0.3 is 15.4 Å². The highest BCUT2D eigenvalue weighted by molar-refractivity contribution is 5.87. The number of fused-ring (bicyclic) bond motifs is 1. The number of nitrogens with zero attached hydrogens (tertiary/aromatic N) is 2. The number of ether oxygens (including phenoxy) is 1. The maximum Gasteiger partial charge on any atom is 0.242 e. The number of benzene rings is 1. The van der Waals surface area contributed by atoms with Crippen LogP contribution in [0.25, 0.3) is 11.3 Å². The minimum Gasteiger partial charge on any atom is -0.488 e. The summed E-state index contributed by atoms with van der Waals surface area (Å²) in [6.07, 6.45) is 5.60. The van der Waals surface area contributed by atoms with Gasteiger partial charge in [0.1, 0.15) is 17.9 Å². The summed E-state index contributed by atoms with van der Waals surface area (Å²) in [7, 11) is 0. The zero-order valence-corrected chi connectivity index (χ0v) is 15.7. The van der Waals surface area contributed by atoms with Crippen LogP contribution in [0.4, 0.5) is 0 Å². The Morgan fingerprint density at radius 3 is 2.78 bits per heavy atom. The minimum absolute atomic E-state index is 0.00475. The van der Waals surface area contributed by atoms with Gasteiger partial charge in [0.25, 0.3) is 0 Å². The van der Waals surface area contributed by atoms with E-state index in [0.717, 1.165) is 22.6 Å². The molecule has 2 N–H and O–H groups in total. The molecule has 27 heavy (non-hydrogen) atoms. The second kappa shape index (κ2) is 8.16. The van der Waals surface area contributed by atoms with Crippen LogP contribution in [0.3, 0.4) is 0 Å². The highest BCUT2D eigenvalue weighted by atomic mass is 16.5. The molecule has 1 aliphatic rings. The largest absolute Gasteiger partial charge is 0.488 e. The average molecular weight is 368 g/mol. The molecule has 0 radical (unpaired) electrons. The molecule has 3 rings (SSSR count). The van der Waals surface area contributed by atoms with E-state index in [1.165, 1.54) is 6.92 Å². The summed E-state index contributed by atoms with van der Waals surface area (Å²) < 4.78 is 5.93. The van der Waals surface area contributed by atoms with Crippen LogP contribution in [0.2, 0.25) is 0 Å². The highest BCUT2D eigenvalue weighted by Gasteiger charge is 2.27. The summed E-state index contributed by atoms with van der Waals surface area (Å²) in [5.41, 5.74) is 2.88. The number of carbonyl (C=O) groups is 2. The molecule has 0 saturated carbocycles. The van der Waals surface area contributed by atoms with Gasteiger partial charge in [-0.25, -0.2) is 0 Å². The van der Waals surface area contributed by atoms with Gasteiger partial charge in [-0.15, -0.1) is 0 Å². The third kappa shape index (κ3) is 4.61. The van der Waals surface area contributed by atoms with Crippen LogP contribution in [0, 0.1) is 5.92 Å². The minimum atomic E-state index is -0.547. The van der Waals surface area contributed by atoms with Gasteiger partial charge in [-0.2, -0.15) is 0 Å². The molecule has 7 heteroatoms. The second-order valence-corrected chi connectivity index (χ2v) is 7.02. The van der Waals surface area contributed by atoms with Gasteiger partial charge in [0.2, 0.25) is 11.8 Å². The fourth-order valence-electron chi connectivity index (χ4n) is 3.12. The van der Waals surface area contributed by atoms with E-state index in [0.29, 0.717) is 13.0 Å². The third-order valence-electron chi connectivity index (χ3n) is 4.47. The van der Waals surface area contributed by atoms with Crippen LogP contribution in [0.1, 0.15) is 26.3 Å². The Morgan fingerprint density at radius 1 is 1.30 bits per heavy atom. The van der Waals surface area contributed by atoms with Crippen molar-refractivity contribution in [1.29, 1.82) is 0 Å². The number of rotatable bonds is 6. The van der Waals surface area contributed by atoms with Crippen molar-refractivity contribution in [3.63, 3.8) is 0 Å². The Bertz CT molecular complexity index is 823. The molecular weight excluding hydrogens is 344 g/mol. The molecule has 2 amide bonds. The summed E-state index contributed by atoms with van der Waals surface area (Å²) in [6, 6.07) is 5.38. The molecule has 2 aromatic rings. The van der Waals surface area contributed by atoms with Gasteiger partial charge in [-0.1, -0.05) is 13.8 Å². The fourth-order valence-corrected chi connectivity index (χ4v) is 3.12. The van der Waals surface area contributed by atoms with E-state index >= 15 is 0 Å². The van der Waals surface area contributed by atoms with E-state index in [4.69, 9.17) is 4.74 Å². The topological polar surface area (TPSA) is 93.2 Å². The molecule has 2 heterocycles. The number of carbonyl (C=O) groups excluding carboxylic acids is 2. The maximum absolute atomic E-state index is 12.4. The Labute approximate surface area is 158 Å². The smallest absolute Gasteiger partial charge is 0.242 e. The van der Waals surface area contributed by atoms with Crippen LogP contribution in [-0.2, 0) is 16.0 Å². The van der Waals surface area contributed by atoms with Gasteiger partial charge in [0, 0.05) is 31.3 Å². The van der Waals surface area contributed by atoms with Crippen molar-refractivity contribution in [3.05, 3.63) is 42.4 Å². The number of hydrogen-bond acceptors (Lipinski definition) is 5. The van der Waals surface area contributed by atoms with E-state index in [9.17, 15) is 9.59 Å². The quantitative estimate of drug-likeness (QED) is 0.810. The Hall–Kier alpha value is -2.96. The van der Waals surface area contributed by atoms with Gasteiger partial charge >= 0.3 is 0 Å². The van der Waals surface area contributed by atoms with Crippen molar-refractivity contribution in [1.82, 2.24) is 20.6 Å². The molecule has 7 nitrogen and oxygen atoms in total. The van der Waals surface area contributed by atoms with Crippen molar-refractivity contribution >= 4 is 11.8 Å². The van der Waals surface area contributed by atoms with Crippen molar-refractivity contribution in [2.75, 3.05) is 6.54 Å². The van der Waals surface area contributed by atoms with E-state index in [2.05, 4.69) is 26.7 Å². The number of hydrogen-bond donors (Lipinski definition) is 2. The number of aromatic nitrogens is 2. The summed E-state index contributed by atoms with van der Waals surface area (Å²) in [6.45, 7) is 5.59. The maximum atomic E-state index is 12.4. The van der Waals surface area contributed by atoms with Gasteiger partial charge in [-0.3, -0.25) is 19.6 Å². The molecule has 1 aromatic carbocycles. The lowest BCUT2D eigenvalue weighted by atomic mass is 10.0. The monoisotopic (exact) mass is 368 g/mol. The SMILES string of the molecule is CC(=O)NC(C(=O)NCC1Cc2cc(-c3cnccn3)ccc2O1)C(C)C. The predicted octanol–water partition coefficient (Wildman–Crippen LogP) is 1.72. The zero-order valence-electron chi connectivity index (χ0n) is 15.7. The van der Waals surface area contributed by atoms with E-state index in [-0.39, 0.29) is 23.8 Å². The van der Waals surface area contributed by atoms with Gasteiger partial charge in [0.15, 0.2) is 0 Å². The van der Waals surface area contributed by atoms with E-state index in [1.54, 1.807) is 18.6 Å². The first-order valence-corrected chi connectivity index (χ1v) is 9.05. The Balaban J connectivity index is 1.60. The number of nitrogens with one attached hydrogen (secondary N) is 2. The van der Waals surface area contributed by atoms with Crippen LogP contribution >= 0.6 is 0 Å². The molecule has 0 bridgehead atoms. The molecule has 2 unspecified atom stereocenters. The summed E-state index contributed by atoms with van der Waals surface area (Å²) in [4.78, 5) is 32.1. The van der Waals surface area contributed by atoms with Gasteiger partial charge in [-0.05, 0) is 29.7 Å². The number of amides is 2. The fraction of sp³-hybridized carbons (Fsp3) is 0.400. The molecule has 1 aliphatic heterocycles. The van der Waals surface area contributed by atoms with E-state index < -0.39 is 6.04 Å². The molecule has 0 aliphatic carbocycles. The lowest BCUT2D eigenvalue weighted by Gasteiger charge is -2.22. The first-order valence-electron chi connectivity index (χ1n) is 9.05. The van der Waals surface area contributed by atoms with Crippen LogP contribution in [0.5, 0.6) is 5.75 Å². The van der Waals surface area contributed by atoms with Crippen LogP contribution < -0.4 is 15.4 Å². The standard InChI is InChI=1S/C20H24N4O3/c1-12(2)19(24-13(3)25)20(26)23-10-16-9-15-8-14(4-5-18(15)27-16)17-11-21-6-7-22-17/h4-8,11-12,16,19H,9-10H2,1-3H3,(H,23,26)(H,24,25). The molecule has 0 fully saturated rings. The van der Waals surface area contributed by atoms with E-state index in [1.807, 2.05) is 26.0 Å². The van der Waals surface area contributed by atoms with Crippen LogP contribution in [0.15, 0.2) is 36.8 Å². The predicted molar refractivity (Wildman–Crippen MR) is 101 cm³/mol. The summed E-state index contributed by atoms with van der Waals surface area (Å²) in [5, 5.41) is 5.58. The molecule has 0 saturated heterocycles. The lowest BCUT2D eigenvalue weighted by Crippen LogP contribution is -2.50. The first-order chi connectivity index (χ1) is 12.9. The molecule has 1 aromatic heterocycles. The average Bonchev–Trinajstić information content (AvgIpc) is 3.06. The molecule has 142 valence electrons. The Kier molecular flexibility index (Phi) is 5.69. The van der Waals surface area contributed by atoms with Crippen molar-refractivity contribution in [2.24, 2.45) is 5.92 Å². The third-order valence-corrected chi connectivity index (χ3v) is 4.47. The van der Waals surface area contributed by atoms with Gasteiger partial charge in [0.05, 0.1) is 18.4 Å². The van der Waals surface area contributed by atoms with Crippen molar-refractivity contribution in [3.8, 4) is 17.0 Å². The first kappa shape index (κ1) is 18.8. The summed E-state index contributed by atoms with van der Waals surface area (Å²) in [5.74, 6) is 0.416. The summed E-state index contributed by atoms with van der Waals surface area (Å²) >= 11 is 0. The Morgan fingerprint density at radius 2 is 2.11 bits per heavy atom.